The van der Waals surface area contributed by atoms with E-state index in [0.29, 0.717) is 25.2 Å². The molecule has 0 aromatic carbocycles. The average molecular weight is 173 g/mol. The van der Waals surface area contributed by atoms with Gasteiger partial charge in [-0.3, -0.25) is 0 Å². The Morgan fingerprint density at radius 3 is 2.42 bits per heavy atom. The van der Waals surface area contributed by atoms with E-state index in [1.165, 1.54) is 0 Å². The SMILES string of the molecule is CC(C)C(C)NC1COCC1O. The molecule has 72 valence electrons. The lowest BCUT2D eigenvalue weighted by Crippen LogP contribution is -2.45. The lowest BCUT2D eigenvalue weighted by atomic mass is 10.0. The van der Waals surface area contributed by atoms with E-state index in [2.05, 4.69) is 26.1 Å². The summed E-state index contributed by atoms with van der Waals surface area (Å²) in [6, 6.07) is 0.564. The Labute approximate surface area is 74.1 Å². The summed E-state index contributed by atoms with van der Waals surface area (Å²) >= 11 is 0. The van der Waals surface area contributed by atoms with Crippen LogP contribution in [0, 0.1) is 5.92 Å². The third kappa shape index (κ3) is 2.44. The van der Waals surface area contributed by atoms with Crippen molar-refractivity contribution in [1.82, 2.24) is 5.32 Å². The molecule has 3 nitrogen and oxygen atoms in total. The molecule has 1 aliphatic rings. The van der Waals surface area contributed by atoms with Gasteiger partial charge in [0.25, 0.3) is 0 Å². The summed E-state index contributed by atoms with van der Waals surface area (Å²) in [7, 11) is 0. The molecule has 1 heterocycles. The van der Waals surface area contributed by atoms with Gasteiger partial charge in [-0.05, 0) is 12.8 Å². The number of ether oxygens (including phenoxy) is 1. The topological polar surface area (TPSA) is 41.5 Å². The van der Waals surface area contributed by atoms with E-state index >= 15 is 0 Å². The molecule has 12 heavy (non-hydrogen) atoms. The van der Waals surface area contributed by atoms with Crippen LogP contribution in [0.3, 0.4) is 0 Å². The molecule has 3 heteroatoms. The van der Waals surface area contributed by atoms with Crippen LogP contribution in [0.1, 0.15) is 20.8 Å². The Kier molecular flexibility index (Phi) is 3.50. The van der Waals surface area contributed by atoms with Gasteiger partial charge in [0, 0.05) is 6.04 Å². The quantitative estimate of drug-likeness (QED) is 0.648. The van der Waals surface area contributed by atoms with Crippen molar-refractivity contribution < 1.29 is 9.84 Å². The molecule has 2 N–H and O–H groups in total. The molecular formula is C9H19NO2. The van der Waals surface area contributed by atoms with Crippen molar-refractivity contribution >= 4 is 0 Å². The second kappa shape index (κ2) is 4.21. The Bertz CT molecular complexity index is 138. The number of rotatable bonds is 3. The van der Waals surface area contributed by atoms with E-state index in [1.807, 2.05) is 0 Å². The molecule has 3 unspecified atom stereocenters. The fourth-order valence-electron chi connectivity index (χ4n) is 1.23. The van der Waals surface area contributed by atoms with Gasteiger partial charge in [0.15, 0.2) is 0 Å². The summed E-state index contributed by atoms with van der Waals surface area (Å²) < 4.78 is 5.14. The first-order valence-electron chi connectivity index (χ1n) is 4.63. The summed E-state index contributed by atoms with van der Waals surface area (Å²) in [6.07, 6.45) is -0.328. The van der Waals surface area contributed by atoms with E-state index in [-0.39, 0.29) is 12.1 Å². The van der Waals surface area contributed by atoms with Crippen LogP contribution in [-0.2, 0) is 4.74 Å². The van der Waals surface area contributed by atoms with Crippen molar-refractivity contribution in [2.75, 3.05) is 13.2 Å². The number of hydrogen-bond donors (Lipinski definition) is 2. The maximum atomic E-state index is 9.43. The van der Waals surface area contributed by atoms with E-state index < -0.39 is 0 Å². The molecule has 0 saturated carbocycles. The van der Waals surface area contributed by atoms with Crippen molar-refractivity contribution in [3.8, 4) is 0 Å². The van der Waals surface area contributed by atoms with Crippen molar-refractivity contribution in [2.24, 2.45) is 5.92 Å². The molecule has 3 atom stereocenters. The van der Waals surface area contributed by atoms with Crippen LogP contribution in [0.25, 0.3) is 0 Å². The molecule has 0 amide bonds. The summed E-state index contributed by atoms with van der Waals surface area (Å²) in [5.74, 6) is 0.595. The highest BCUT2D eigenvalue weighted by molar-refractivity contribution is 4.83. The molecule has 1 aliphatic heterocycles. The summed E-state index contributed by atoms with van der Waals surface area (Å²) in [5.41, 5.74) is 0. The van der Waals surface area contributed by atoms with Crippen LogP contribution >= 0.6 is 0 Å². The lowest BCUT2D eigenvalue weighted by Gasteiger charge is -2.23. The predicted octanol–water partition coefficient (Wildman–Crippen LogP) is 0.380. The summed E-state index contributed by atoms with van der Waals surface area (Å²) in [6.45, 7) is 7.58. The van der Waals surface area contributed by atoms with Gasteiger partial charge >= 0.3 is 0 Å². The highest BCUT2D eigenvalue weighted by Gasteiger charge is 2.27. The van der Waals surface area contributed by atoms with Crippen molar-refractivity contribution in [1.29, 1.82) is 0 Å². The minimum absolute atomic E-state index is 0.127. The second-order valence-corrected chi connectivity index (χ2v) is 3.91. The minimum Gasteiger partial charge on any atom is -0.389 e. The highest BCUT2D eigenvalue weighted by atomic mass is 16.5. The monoisotopic (exact) mass is 173 g/mol. The zero-order valence-corrected chi connectivity index (χ0v) is 8.08. The smallest absolute Gasteiger partial charge is 0.0948 e. The molecule has 0 radical (unpaired) electrons. The second-order valence-electron chi connectivity index (χ2n) is 3.91. The Balaban J connectivity index is 2.30. The highest BCUT2D eigenvalue weighted by Crippen LogP contribution is 2.08. The van der Waals surface area contributed by atoms with Crippen molar-refractivity contribution in [3.05, 3.63) is 0 Å². The van der Waals surface area contributed by atoms with Gasteiger partial charge < -0.3 is 15.2 Å². The Morgan fingerprint density at radius 1 is 1.33 bits per heavy atom. The van der Waals surface area contributed by atoms with Crippen molar-refractivity contribution in [3.63, 3.8) is 0 Å². The molecule has 1 fully saturated rings. The zero-order valence-electron chi connectivity index (χ0n) is 8.08. The first-order chi connectivity index (χ1) is 5.61. The third-order valence-electron chi connectivity index (χ3n) is 2.53. The fourth-order valence-corrected chi connectivity index (χ4v) is 1.23. The fraction of sp³-hybridized carbons (Fsp3) is 1.00. The average Bonchev–Trinajstić information content (AvgIpc) is 2.36. The van der Waals surface area contributed by atoms with E-state index in [9.17, 15) is 5.11 Å². The number of hydrogen-bond acceptors (Lipinski definition) is 3. The molecule has 0 aromatic rings. The van der Waals surface area contributed by atoms with E-state index in [0.717, 1.165) is 0 Å². The third-order valence-corrected chi connectivity index (χ3v) is 2.53. The van der Waals surface area contributed by atoms with Gasteiger partial charge in [-0.1, -0.05) is 13.8 Å². The largest absolute Gasteiger partial charge is 0.389 e. The number of aliphatic hydroxyl groups is 1. The van der Waals surface area contributed by atoms with Crippen LogP contribution in [-0.4, -0.2) is 36.5 Å². The van der Waals surface area contributed by atoms with Crippen LogP contribution in [0.5, 0.6) is 0 Å². The zero-order chi connectivity index (χ0) is 9.14. The molecule has 1 rings (SSSR count). The predicted molar refractivity (Wildman–Crippen MR) is 48.0 cm³/mol. The molecule has 0 bridgehead atoms. The van der Waals surface area contributed by atoms with Crippen LogP contribution in [0.4, 0.5) is 0 Å². The van der Waals surface area contributed by atoms with Gasteiger partial charge in [0.05, 0.1) is 25.4 Å². The number of nitrogens with one attached hydrogen (secondary N) is 1. The molecule has 0 spiro atoms. The van der Waals surface area contributed by atoms with Gasteiger partial charge in [-0.2, -0.15) is 0 Å². The molecular weight excluding hydrogens is 154 g/mol. The van der Waals surface area contributed by atoms with E-state index in [1.54, 1.807) is 0 Å². The lowest BCUT2D eigenvalue weighted by molar-refractivity contribution is 0.120. The van der Waals surface area contributed by atoms with Crippen LogP contribution in [0.2, 0.25) is 0 Å². The van der Waals surface area contributed by atoms with Gasteiger partial charge in [0.1, 0.15) is 0 Å². The summed E-state index contributed by atoms with van der Waals surface area (Å²) in [5, 5.41) is 12.8. The first kappa shape index (κ1) is 9.96. The van der Waals surface area contributed by atoms with Gasteiger partial charge in [-0.25, -0.2) is 0 Å². The maximum absolute atomic E-state index is 9.43. The Morgan fingerprint density at radius 2 is 2.00 bits per heavy atom. The Hall–Kier alpha value is -0.120. The number of aliphatic hydroxyl groups excluding tert-OH is 1. The minimum atomic E-state index is -0.328. The standard InChI is InChI=1S/C9H19NO2/c1-6(2)7(3)10-8-4-12-5-9(8)11/h6-11H,4-5H2,1-3H3. The molecule has 1 saturated heterocycles. The first-order valence-corrected chi connectivity index (χ1v) is 4.63. The van der Waals surface area contributed by atoms with Crippen LogP contribution < -0.4 is 5.32 Å². The van der Waals surface area contributed by atoms with Crippen LogP contribution in [0.15, 0.2) is 0 Å². The van der Waals surface area contributed by atoms with Gasteiger partial charge in [-0.15, -0.1) is 0 Å². The normalized spacial score (nSPS) is 32.8. The van der Waals surface area contributed by atoms with Gasteiger partial charge in [0.2, 0.25) is 0 Å². The van der Waals surface area contributed by atoms with E-state index in [4.69, 9.17) is 4.74 Å². The van der Waals surface area contributed by atoms with Crippen molar-refractivity contribution in [2.45, 2.75) is 39.0 Å². The molecule has 0 aliphatic carbocycles. The summed E-state index contributed by atoms with van der Waals surface area (Å²) in [4.78, 5) is 0. The maximum Gasteiger partial charge on any atom is 0.0948 e. The molecule has 0 aromatic heterocycles.